The van der Waals surface area contributed by atoms with E-state index in [4.69, 9.17) is 0 Å². The molecule has 0 unspecified atom stereocenters. The van der Waals surface area contributed by atoms with Gasteiger partial charge in [-0.15, -0.1) is 0 Å². The van der Waals surface area contributed by atoms with Crippen molar-refractivity contribution in [2.24, 2.45) is 0 Å². The number of hydrogen-bond donors (Lipinski definition) is 1. The van der Waals surface area contributed by atoms with Crippen molar-refractivity contribution in [3.8, 4) is 0 Å². The highest BCUT2D eigenvalue weighted by atomic mass is 16.5. The van der Waals surface area contributed by atoms with E-state index in [-0.39, 0.29) is 11.6 Å². The summed E-state index contributed by atoms with van der Waals surface area (Å²) in [6.45, 7) is 3.29. The van der Waals surface area contributed by atoms with Gasteiger partial charge < -0.3 is 10.1 Å². The summed E-state index contributed by atoms with van der Waals surface area (Å²) < 4.78 is 4.59. The number of methoxy groups -OCH3 is 1. The van der Waals surface area contributed by atoms with E-state index in [9.17, 15) is 9.59 Å². The lowest BCUT2D eigenvalue weighted by molar-refractivity contribution is -0.137. The van der Waals surface area contributed by atoms with Crippen LogP contribution in [0.25, 0.3) is 6.08 Å². The van der Waals surface area contributed by atoms with Crippen molar-refractivity contribution in [2.75, 3.05) is 7.11 Å². The molecule has 0 fully saturated rings. The normalized spacial score (nSPS) is 10.9. The van der Waals surface area contributed by atoms with Gasteiger partial charge in [0.2, 0.25) is 5.91 Å². The van der Waals surface area contributed by atoms with Gasteiger partial charge in [0.25, 0.3) is 0 Å². The van der Waals surface area contributed by atoms with Crippen LogP contribution in [0.2, 0.25) is 0 Å². The number of aryl methyl sites for hydroxylation is 1. The van der Waals surface area contributed by atoms with Crippen LogP contribution in [0.5, 0.6) is 0 Å². The molecule has 1 rings (SSSR count). The van der Waals surface area contributed by atoms with Crippen molar-refractivity contribution in [3.63, 3.8) is 0 Å². The molecule has 0 saturated heterocycles. The first-order valence-corrected chi connectivity index (χ1v) is 5.17. The van der Waals surface area contributed by atoms with Gasteiger partial charge in [-0.3, -0.25) is 4.79 Å². The maximum absolute atomic E-state index is 11.4. The second kappa shape index (κ2) is 5.84. The minimum atomic E-state index is -0.568. The third-order valence-electron chi connectivity index (χ3n) is 2.07. The van der Waals surface area contributed by atoms with E-state index >= 15 is 0 Å². The fourth-order valence-corrected chi connectivity index (χ4v) is 1.37. The molecule has 0 radical (unpaired) electrons. The Morgan fingerprint density at radius 2 is 2.06 bits per heavy atom. The molecule has 1 amide bonds. The van der Waals surface area contributed by atoms with Crippen molar-refractivity contribution >= 4 is 18.0 Å². The Morgan fingerprint density at radius 1 is 1.35 bits per heavy atom. The van der Waals surface area contributed by atoms with E-state index < -0.39 is 5.97 Å². The van der Waals surface area contributed by atoms with Crippen LogP contribution in [0.15, 0.2) is 30.0 Å². The molecule has 0 atom stereocenters. The Balaban J connectivity index is 3.04. The van der Waals surface area contributed by atoms with Crippen LogP contribution in [0.4, 0.5) is 0 Å². The van der Waals surface area contributed by atoms with Gasteiger partial charge in [-0.1, -0.05) is 29.8 Å². The van der Waals surface area contributed by atoms with Crippen LogP contribution in [-0.2, 0) is 14.3 Å². The number of carbonyl (C=O) groups excluding carboxylic acids is 2. The molecule has 0 bridgehead atoms. The molecule has 0 spiro atoms. The molecule has 1 aromatic carbocycles. The van der Waals surface area contributed by atoms with E-state index in [0.29, 0.717) is 0 Å². The number of esters is 1. The van der Waals surface area contributed by atoms with Crippen LogP contribution in [0, 0.1) is 6.92 Å². The van der Waals surface area contributed by atoms with E-state index in [0.717, 1.165) is 11.1 Å². The molecule has 4 heteroatoms. The van der Waals surface area contributed by atoms with Gasteiger partial charge in [0.1, 0.15) is 5.70 Å². The number of nitrogens with one attached hydrogen (secondary N) is 1. The summed E-state index contributed by atoms with van der Waals surface area (Å²) in [6, 6.07) is 7.58. The predicted molar refractivity (Wildman–Crippen MR) is 65.0 cm³/mol. The molecule has 0 heterocycles. The lowest BCUT2D eigenvalue weighted by Gasteiger charge is -2.06. The molecule has 0 saturated carbocycles. The number of benzene rings is 1. The standard InChI is InChI=1S/C13H15NO3/c1-9-5-4-6-11(7-9)8-12(13(16)17-3)14-10(2)15/h4-8H,1-3H3,(H,14,15). The zero-order valence-corrected chi connectivity index (χ0v) is 10.1. The molecule has 17 heavy (non-hydrogen) atoms. The fraction of sp³-hybridized carbons (Fsp3) is 0.231. The number of rotatable bonds is 3. The highest BCUT2D eigenvalue weighted by molar-refractivity contribution is 5.97. The second-order valence-electron chi connectivity index (χ2n) is 3.64. The van der Waals surface area contributed by atoms with Crippen LogP contribution >= 0.6 is 0 Å². The summed E-state index contributed by atoms with van der Waals surface area (Å²) >= 11 is 0. The van der Waals surface area contributed by atoms with E-state index in [1.165, 1.54) is 14.0 Å². The van der Waals surface area contributed by atoms with Crippen LogP contribution < -0.4 is 5.32 Å². The summed E-state index contributed by atoms with van der Waals surface area (Å²) in [7, 11) is 1.27. The Kier molecular flexibility index (Phi) is 4.46. The van der Waals surface area contributed by atoms with Gasteiger partial charge in [-0.25, -0.2) is 4.79 Å². The zero-order valence-electron chi connectivity index (χ0n) is 10.1. The van der Waals surface area contributed by atoms with E-state index in [1.807, 2.05) is 31.2 Å². The predicted octanol–water partition coefficient (Wildman–Crippen LogP) is 1.65. The molecular formula is C13H15NO3. The van der Waals surface area contributed by atoms with Gasteiger partial charge in [0.05, 0.1) is 7.11 Å². The van der Waals surface area contributed by atoms with Crippen LogP contribution in [0.3, 0.4) is 0 Å². The summed E-state index contributed by atoms with van der Waals surface area (Å²) in [4.78, 5) is 22.4. The van der Waals surface area contributed by atoms with Gasteiger partial charge in [0.15, 0.2) is 0 Å². The first kappa shape index (κ1) is 13.0. The van der Waals surface area contributed by atoms with Crippen LogP contribution in [0.1, 0.15) is 18.1 Å². The number of carbonyl (C=O) groups is 2. The molecule has 0 aliphatic carbocycles. The number of ether oxygens (including phenoxy) is 1. The smallest absolute Gasteiger partial charge is 0.354 e. The summed E-state index contributed by atoms with van der Waals surface area (Å²) in [6.07, 6.45) is 1.58. The Hall–Kier alpha value is -2.10. The first-order chi connectivity index (χ1) is 8.02. The van der Waals surface area contributed by atoms with Crippen molar-refractivity contribution in [1.82, 2.24) is 5.32 Å². The van der Waals surface area contributed by atoms with E-state index in [1.54, 1.807) is 6.08 Å². The molecule has 0 aromatic heterocycles. The molecular weight excluding hydrogens is 218 g/mol. The second-order valence-corrected chi connectivity index (χ2v) is 3.64. The average molecular weight is 233 g/mol. The quantitative estimate of drug-likeness (QED) is 0.638. The maximum atomic E-state index is 11.4. The highest BCUT2D eigenvalue weighted by Gasteiger charge is 2.10. The summed E-state index contributed by atoms with van der Waals surface area (Å²) in [5.74, 6) is -0.879. The average Bonchev–Trinajstić information content (AvgIpc) is 2.26. The summed E-state index contributed by atoms with van der Waals surface area (Å²) in [5.41, 5.74) is 2.04. The van der Waals surface area contributed by atoms with E-state index in [2.05, 4.69) is 10.1 Å². The fourth-order valence-electron chi connectivity index (χ4n) is 1.37. The molecule has 4 nitrogen and oxygen atoms in total. The molecule has 1 aromatic rings. The lowest BCUT2D eigenvalue weighted by atomic mass is 10.1. The number of amides is 1. The molecule has 1 N–H and O–H groups in total. The Bertz CT molecular complexity index is 463. The van der Waals surface area contributed by atoms with Gasteiger partial charge in [-0.05, 0) is 18.6 Å². The molecule has 0 aliphatic heterocycles. The minimum absolute atomic E-state index is 0.130. The Labute approximate surface area is 100 Å². The minimum Gasteiger partial charge on any atom is -0.464 e. The number of hydrogen-bond acceptors (Lipinski definition) is 3. The van der Waals surface area contributed by atoms with Crippen molar-refractivity contribution in [2.45, 2.75) is 13.8 Å². The van der Waals surface area contributed by atoms with Gasteiger partial charge in [-0.2, -0.15) is 0 Å². The van der Waals surface area contributed by atoms with Crippen molar-refractivity contribution < 1.29 is 14.3 Å². The molecule has 0 aliphatic rings. The monoisotopic (exact) mass is 233 g/mol. The largest absolute Gasteiger partial charge is 0.464 e. The van der Waals surface area contributed by atoms with Crippen LogP contribution in [-0.4, -0.2) is 19.0 Å². The first-order valence-electron chi connectivity index (χ1n) is 5.17. The van der Waals surface area contributed by atoms with Crippen molar-refractivity contribution in [3.05, 3.63) is 41.1 Å². The summed E-state index contributed by atoms with van der Waals surface area (Å²) in [5, 5.41) is 2.45. The molecule has 90 valence electrons. The van der Waals surface area contributed by atoms with Crippen molar-refractivity contribution in [1.29, 1.82) is 0 Å². The third-order valence-corrected chi connectivity index (χ3v) is 2.07. The third kappa shape index (κ3) is 4.10. The maximum Gasteiger partial charge on any atom is 0.354 e. The zero-order chi connectivity index (χ0) is 12.8. The SMILES string of the molecule is COC(=O)C(=Cc1cccc(C)c1)NC(C)=O. The topological polar surface area (TPSA) is 55.4 Å². The Morgan fingerprint density at radius 3 is 2.59 bits per heavy atom. The van der Waals surface area contributed by atoms with Gasteiger partial charge >= 0.3 is 5.97 Å². The van der Waals surface area contributed by atoms with Gasteiger partial charge in [0, 0.05) is 6.92 Å². The highest BCUT2D eigenvalue weighted by Crippen LogP contribution is 2.09. The lowest BCUT2D eigenvalue weighted by Crippen LogP contribution is -2.25.